The van der Waals surface area contributed by atoms with Gasteiger partial charge in [-0.2, -0.15) is 0 Å². The van der Waals surface area contributed by atoms with E-state index in [-0.39, 0.29) is 18.6 Å². The van der Waals surface area contributed by atoms with Crippen molar-refractivity contribution in [2.75, 3.05) is 13.2 Å². The van der Waals surface area contributed by atoms with Crippen LogP contribution >= 0.6 is 0 Å². The van der Waals surface area contributed by atoms with Gasteiger partial charge in [0.25, 0.3) is 0 Å². The molecule has 0 bridgehead atoms. The highest BCUT2D eigenvalue weighted by Gasteiger charge is 2.56. The third-order valence-electron chi connectivity index (χ3n) is 5.89. The van der Waals surface area contributed by atoms with Gasteiger partial charge < -0.3 is 8.85 Å². The first kappa shape index (κ1) is 14.2. The minimum absolute atomic E-state index is 0.220. The van der Waals surface area contributed by atoms with Crippen LogP contribution in [0, 0.1) is 0 Å². The van der Waals surface area contributed by atoms with E-state index in [4.69, 9.17) is 8.85 Å². The maximum absolute atomic E-state index is 6.00. The molecule has 2 nitrogen and oxygen atoms in total. The van der Waals surface area contributed by atoms with E-state index in [1.54, 1.807) is 12.1 Å². The number of hydrogen-bond acceptors (Lipinski definition) is 2. The Hall–Kier alpha value is 0.788. The van der Waals surface area contributed by atoms with E-state index in [0.717, 1.165) is 13.2 Å². The Morgan fingerprint density at radius 2 is 1.29 bits per heavy atom. The smallest absolute Gasteiger partial charge is 0.151 e. The predicted octanol–water partition coefficient (Wildman–Crippen LogP) is 1.46. The molecule has 2 aliphatic rings. The van der Waals surface area contributed by atoms with Crippen molar-refractivity contribution in [1.29, 1.82) is 0 Å². The molecule has 2 rings (SSSR count). The number of hydrogen-bond donors (Lipinski definition) is 0. The zero-order valence-corrected chi connectivity index (χ0v) is 16.8. The van der Waals surface area contributed by atoms with E-state index in [1.807, 2.05) is 0 Å². The van der Waals surface area contributed by atoms with E-state index >= 15 is 0 Å². The molecule has 2 saturated heterocycles. The summed E-state index contributed by atoms with van der Waals surface area (Å²) in [7, 11) is -2.62. The first-order chi connectivity index (χ1) is 7.91. The molecular formula is C11H28O2Si4. The van der Waals surface area contributed by atoms with Gasteiger partial charge in [-0.15, -0.1) is 0 Å². The molecular weight excluding hydrogens is 276 g/mol. The molecule has 0 saturated carbocycles. The molecule has 0 amide bonds. The molecule has 0 aliphatic carbocycles. The summed E-state index contributed by atoms with van der Waals surface area (Å²) < 4.78 is 12.7. The van der Waals surface area contributed by atoms with Gasteiger partial charge >= 0.3 is 0 Å². The van der Waals surface area contributed by atoms with Gasteiger partial charge in [0.05, 0.1) is 15.2 Å². The lowest BCUT2D eigenvalue weighted by atomic mass is 10.5. The lowest BCUT2D eigenvalue weighted by Gasteiger charge is -2.54. The second-order valence-electron chi connectivity index (χ2n) is 7.06. The summed E-state index contributed by atoms with van der Waals surface area (Å²) in [6.07, 6.45) is 2.68. The lowest BCUT2D eigenvalue weighted by molar-refractivity contribution is 0.328. The Morgan fingerprint density at radius 3 is 1.59 bits per heavy atom. The van der Waals surface area contributed by atoms with Crippen molar-refractivity contribution in [2.45, 2.75) is 56.5 Å². The molecule has 0 aromatic heterocycles. The van der Waals surface area contributed by atoms with Crippen LogP contribution in [0.5, 0.6) is 0 Å². The quantitative estimate of drug-likeness (QED) is 0.719. The molecule has 0 aromatic carbocycles. The van der Waals surface area contributed by atoms with Crippen LogP contribution in [-0.4, -0.2) is 47.0 Å². The average molecular weight is 305 g/mol. The lowest BCUT2D eigenvalue weighted by Crippen LogP contribution is -2.66. The fourth-order valence-electron chi connectivity index (χ4n) is 3.58. The summed E-state index contributed by atoms with van der Waals surface area (Å²) in [5.41, 5.74) is 0. The second kappa shape index (κ2) is 5.05. The van der Waals surface area contributed by atoms with Crippen LogP contribution in [0.25, 0.3) is 0 Å². The summed E-state index contributed by atoms with van der Waals surface area (Å²) in [6, 6.07) is 3.09. The summed E-state index contributed by atoms with van der Waals surface area (Å²) in [4.78, 5) is 0. The first-order valence-corrected chi connectivity index (χ1v) is 18.3. The summed E-state index contributed by atoms with van der Waals surface area (Å²) in [6.45, 7) is 12.7. The predicted molar refractivity (Wildman–Crippen MR) is 85.1 cm³/mol. The van der Waals surface area contributed by atoms with Gasteiger partial charge in [-0.05, 0) is 17.5 Å². The van der Waals surface area contributed by atoms with E-state index in [9.17, 15) is 0 Å². The van der Waals surface area contributed by atoms with E-state index in [1.165, 1.54) is 12.8 Å². The Bertz CT molecular complexity index is 245. The summed E-state index contributed by atoms with van der Waals surface area (Å²) in [5.74, 6) is 0. The summed E-state index contributed by atoms with van der Waals surface area (Å²) in [5, 5.41) is 0. The average Bonchev–Trinajstić information content (AvgIpc) is 2.30. The van der Waals surface area contributed by atoms with Crippen LogP contribution < -0.4 is 0 Å². The van der Waals surface area contributed by atoms with Gasteiger partial charge in [0.2, 0.25) is 0 Å². The van der Waals surface area contributed by atoms with Crippen LogP contribution in [0.3, 0.4) is 0 Å². The monoisotopic (exact) mass is 304 g/mol. The maximum atomic E-state index is 6.00. The van der Waals surface area contributed by atoms with Crippen molar-refractivity contribution in [3.8, 4) is 0 Å². The van der Waals surface area contributed by atoms with Crippen molar-refractivity contribution < 1.29 is 8.85 Å². The van der Waals surface area contributed by atoms with Gasteiger partial charge in [0.1, 0.15) is 0 Å². The molecule has 2 atom stereocenters. The molecule has 2 aliphatic heterocycles. The SMILES string of the molecule is CC(C)([Si]1(C)CCCO[SiH2]1)[Si]1(C)CCCO[SiH2]1. The molecule has 0 spiro atoms. The molecule has 2 unspecified atom stereocenters. The van der Waals surface area contributed by atoms with Gasteiger partial charge in [-0.25, -0.2) is 0 Å². The van der Waals surface area contributed by atoms with Gasteiger partial charge in [0.15, 0.2) is 18.6 Å². The Kier molecular flexibility index (Phi) is 4.22. The standard InChI is InChI=1S/C11H28O2Si4/c1-11(2,16(3)9-5-7-12-14-16)17(4)10-6-8-13-15-17/h5-10,14-15H2,1-4H3. The minimum atomic E-state index is -1.09. The van der Waals surface area contributed by atoms with Crippen molar-refractivity contribution in [3.05, 3.63) is 0 Å². The van der Waals surface area contributed by atoms with Gasteiger partial charge in [-0.1, -0.05) is 39.0 Å². The maximum Gasteiger partial charge on any atom is 0.151 e. The Labute approximate surface area is 112 Å². The highest BCUT2D eigenvalue weighted by molar-refractivity contribution is 7.37. The fourth-order valence-corrected chi connectivity index (χ4v) is 35.2. The van der Waals surface area contributed by atoms with Crippen molar-refractivity contribution in [1.82, 2.24) is 0 Å². The van der Waals surface area contributed by atoms with Crippen molar-refractivity contribution in [3.63, 3.8) is 0 Å². The molecule has 6 heteroatoms. The van der Waals surface area contributed by atoms with Crippen LogP contribution in [0.2, 0.25) is 29.8 Å². The van der Waals surface area contributed by atoms with Crippen LogP contribution in [-0.2, 0) is 8.85 Å². The largest absolute Gasteiger partial charge is 0.427 e. The molecule has 2 fully saturated rings. The molecule has 2 heterocycles. The highest BCUT2D eigenvalue weighted by atomic mass is 29.2. The zero-order chi connectivity index (χ0) is 12.6. The Morgan fingerprint density at radius 1 is 0.882 bits per heavy atom. The van der Waals surface area contributed by atoms with Gasteiger partial charge in [0, 0.05) is 13.2 Å². The molecule has 0 radical (unpaired) electrons. The fraction of sp³-hybridized carbons (Fsp3) is 1.00. The van der Waals surface area contributed by atoms with Crippen molar-refractivity contribution in [2.24, 2.45) is 0 Å². The van der Waals surface area contributed by atoms with Crippen LogP contribution in [0.1, 0.15) is 26.7 Å². The van der Waals surface area contributed by atoms with Crippen LogP contribution in [0.4, 0.5) is 0 Å². The third kappa shape index (κ3) is 2.44. The molecule has 0 aromatic rings. The van der Waals surface area contributed by atoms with E-state index < -0.39 is 15.2 Å². The van der Waals surface area contributed by atoms with Gasteiger partial charge in [-0.3, -0.25) is 0 Å². The number of rotatable bonds is 2. The van der Waals surface area contributed by atoms with Crippen molar-refractivity contribution >= 4 is 33.7 Å². The normalized spacial score (nSPS) is 43.1. The molecule has 17 heavy (non-hydrogen) atoms. The molecule has 0 N–H and O–H groups in total. The van der Waals surface area contributed by atoms with Crippen LogP contribution in [0.15, 0.2) is 0 Å². The highest BCUT2D eigenvalue weighted by Crippen LogP contribution is 2.50. The zero-order valence-electron chi connectivity index (χ0n) is 12.0. The second-order valence-corrected chi connectivity index (χ2v) is 29.8. The van der Waals surface area contributed by atoms with E-state index in [2.05, 4.69) is 26.9 Å². The Balaban J connectivity index is 2.20. The van der Waals surface area contributed by atoms with E-state index in [0.29, 0.717) is 4.66 Å². The molecule has 100 valence electrons. The minimum Gasteiger partial charge on any atom is -0.427 e. The summed E-state index contributed by atoms with van der Waals surface area (Å²) >= 11 is 0. The topological polar surface area (TPSA) is 18.5 Å². The third-order valence-corrected chi connectivity index (χ3v) is 35.3. The first-order valence-electron chi connectivity index (χ1n) is 7.07.